The Hall–Kier alpha value is -2.22. The number of benzene rings is 2. The largest absolute Gasteiger partial charge is 0.493 e. The highest BCUT2D eigenvalue weighted by molar-refractivity contribution is 5.99. The smallest absolute Gasteiger partial charge is 0.127 e. The number of aromatic amines is 1. The van der Waals surface area contributed by atoms with Crippen LogP contribution in [-0.4, -0.2) is 11.6 Å². The molecule has 1 N–H and O–H groups in total. The van der Waals surface area contributed by atoms with Gasteiger partial charge in [-0.05, 0) is 12.1 Å². The van der Waals surface area contributed by atoms with Crippen LogP contribution in [0.15, 0.2) is 48.5 Å². The van der Waals surface area contributed by atoms with Crippen molar-refractivity contribution >= 4 is 10.9 Å². The van der Waals surface area contributed by atoms with Gasteiger partial charge in [0.05, 0.1) is 6.61 Å². The first-order valence-electron chi connectivity index (χ1n) is 6.25. The van der Waals surface area contributed by atoms with Crippen LogP contribution in [0.1, 0.15) is 5.69 Å². The van der Waals surface area contributed by atoms with Gasteiger partial charge in [-0.15, -0.1) is 0 Å². The molecule has 0 bridgehead atoms. The molecule has 0 atom stereocenters. The minimum Gasteiger partial charge on any atom is -0.493 e. The Morgan fingerprint density at radius 2 is 1.78 bits per heavy atom. The molecule has 1 aliphatic heterocycles. The summed E-state index contributed by atoms with van der Waals surface area (Å²) in [6.45, 7) is 0.733. The molecule has 0 spiro atoms. The standard InChI is InChI=1S/C16H13NO/c1-3-7-13-11(5-1)16-12-6-2-4-8-15(12)18-10-9-14(16)17-13/h1-8,17H,9-10H2. The summed E-state index contributed by atoms with van der Waals surface area (Å²) in [6, 6.07) is 16.7. The fourth-order valence-corrected chi connectivity index (χ4v) is 2.75. The molecule has 88 valence electrons. The lowest BCUT2D eigenvalue weighted by atomic mass is 10.0. The molecule has 0 aliphatic carbocycles. The first kappa shape index (κ1) is 9.77. The third-order valence-corrected chi connectivity index (χ3v) is 3.55. The van der Waals surface area contributed by atoms with Crippen LogP contribution >= 0.6 is 0 Å². The molecular weight excluding hydrogens is 222 g/mol. The maximum absolute atomic E-state index is 5.82. The van der Waals surface area contributed by atoms with Crippen molar-refractivity contribution < 1.29 is 4.74 Å². The van der Waals surface area contributed by atoms with E-state index in [1.165, 1.54) is 27.7 Å². The third kappa shape index (κ3) is 1.29. The van der Waals surface area contributed by atoms with Crippen molar-refractivity contribution in [2.45, 2.75) is 6.42 Å². The van der Waals surface area contributed by atoms with Crippen molar-refractivity contribution in [2.75, 3.05) is 6.61 Å². The molecule has 1 aliphatic rings. The van der Waals surface area contributed by atoms with Crippen LogP contribution in [0.3, 0.4) is 0 Å². The monoisotopic (exact) mass is 235 g/mol. The van der Waals surface area contributed by atoms with Crippen LogP contribution < -0.4 is 4.74 Å². The normalized spacial score (nSPS) is 13.6. The lowest BCUT2D eigenvalue weighted by Crippen LogP contribution is -1.98. The van der Waals surface area contributed by atoms with Crippen LogP contribution in [0.25, 0.3) is 22.0 Å². The van der Waals surface area contributed by atoms with Gasteiger partial charge in [0.1, 0.15) is 5.75 Å². The van der Waals surface area contributed by atoms with Gasteiger partial charge in [0.25, 0.3) is 0 Å². The Bertz CT molecular complexity index is 727. The molecular formula is C16H13NO. The average Bonchev–Trinajstić information content (AvgIpc) is 2.68. The molecule has 0 amide bonds. The number of fused-ring (bicyclic) bond motifs is 5. The van der Waals surface area contributed by atoms with Gasteiger partial charge in [-0.2, -0.15) is 0 Å². The van der Waals surface area contributed by atoms with Gasteiger partial charge in [-0.25, -0.2) is 0 Å². The van der Waals surface area contributed by atoms with E-state index in [4.69, 9.17) is 4.74 Å². The predicted molar refractivity (Wildman–Crippen MR) is 72.9 cm³/mol. The molecule has 4 rings (SSSR count). The Kier molecular flexibility index (Phi) is 1.97. The summed E-state index contributed by atoms with van der Waals surface area (Å²) < 4.78 is 5.82. The number of ether oxygens (including phenoxy) is 1. The van der Waals surface area contributed by atoms with Crippen molar-refractivity contribution in [3.8, 4) is 16.9 Å². The van der Waals surface area contributed by atoms with Crippen LogP contribution in [0.4, 0.5) is 0 Å². The molecule has 2 heteroatoms. The van der Waals surface area contributed by atoms with Gasteiger partial charge in [-0.3, -0.25) is 0 Å². The lowest BCUT2D eigenvalue weighted by Gasteiger charge is -2.06. The maximum Gasteiger partial charge on any atom is 0.127 e. The highest BCUT2D eigenvalue weighted by Crippen LogP contribution is 2.39. The molecule has 18 heavy (non-hydrogen) atoms. The first-order chi connectivity index (χ1) is 8.93. The summed E-state index contributed by atoms with van der Waals surface area (Å²) in [5.41, 5.74) is 4.99. The fraction of sp³-hybridized carbons (Fsp3) is 0.125. The number of hydrogen-bond donors (Lipinski definition) is 1. The Balaban J connectivity index is 2.13. The van der Waals surface area contributed by atoms with Gasteiger partial charge in [0, 0.05) is 34.1 Å². The van der Waals surface area contributed by atoms with Crippen LogP contribution in [0, 0.1) is 0 Å². The second kappa shape index (κ2) is 3.64. The molecule has 1 aromatic heterocycles. The van der Waals surface area contributed by atoms with Gasteiger partial charge >= 0.3 is 0 Å². The molecule has 2 nitrogen and oxygen atoms in total. The SMILES string of the molecule is c1ccc2c(c1)OCCc1[nH]c3ccccc3c1-2. The molecule has 0 radical (unpaired) electrons. The lowest BCUT2D eigenvalue weighted by molar-refractivity contribution is 0.325. The number of H-pyrrole nitrogens is 1. The number of nitrogens with one attached hydrogen (secondary N) is 1. The van der Waals surface area contributed by atoms with Crippen LogP contribution in [-0.2, 0) is 6.42 Å². The van der Waals surface area contributed by atoms with E-state index < -0.39 is 0 Å². The van der Waals surface area contributed by atoms with E-state index in [9.17, 15) is 0 Å². The van der Waals surface area contributed by atoms with Crippen molar-refractivity contribution in [3.05, 3.63) is 54.2 Å². The molecule has 2 aromatic carbocycles. The zero-order valence-corrected chi connectivity index (χ0v) is 9.94. The zero-order valence-electron chi connectivity index (χ0n) is 9.94. The summed E-state index contributed by atoms with van der Waals surface area (Å²) in [5, 5.41) is 1.28. The first-order valence-corrected chi connectivity index (χ1v) is 6.25. The predicted octanol–water partition coefficient (Wildman–Crippen LogP) is 3.77. The number of hydrogen-bond acceptors (Lipinski definition) is 1. The second-order valence-electron chi connectivity index (χ2n) is 4.62. The van der Waals surface area contributed by atoms with E-state index in [1.807, 2.05) is 12.1 Å². The minimum atomic E-state index is 0.733. The second-order valence-corrected chi connectivity index (χ2v) is 4.62. The Labute approximate surface area is 105 Å². The van der Waals surface area contributed by atoms with Crippen LogP contribution in [0.5, 0.6) is 5.75 Å². The van der Waals surface area contributed by atoms with E-state index in [-0.39, 0.29) is 0 Å². The van der Waals surface area contributed by atoms with Crippen molar-refractivity contribution in [3.63, 3.8) is 0 Å². The summed E-state index contributed by atoms with van der Waals surface area (Å²) in [4.78, 5) is 3.52. The van der Waals surface area contributed by atoms with E-state index in [0.29, 0.717) is 0 Å². The van der Waals surface area contributed by atoms with Crippen molar-refractivity contribution in [2.24, 2.45) is 0 Å². The Morgan fingerprint density at radius 1 is 0.944 bits per heavy atom. The van der Waals surface area contributed by atoms with Crippen molar-refractivity contribution in [1.82, 2.24) is 4.98 Å². The zero-order chi connectivity index (χ0) is 11.9. The topological polar surface area (TPSA) is 25.0 Å². The molecule has 0 fully saturated rings. The Morgan fingerprint density at radius 3 is 2.78 bits per heavy atom. The summed E-state index contributed by atoms with van der Waals surface area (Å²) in [5.74, 6) is 0.987. The maximum atomic E-state index is 5.82. The molecule has 3 aromatic rings. The van der Waals surface area contributed by atoms with Crippen molar-refractivity contribution in [1.29, 1.82) is 0 Å². The van der Waals surface area contributed by atoms with E-state index in [2.05, 4.69) is 41.4 Å². The highest BCUT2D eigenvalue weighted by atomic mass is 16.5. The van der Waals surface area contributed by atoms with E-state index in [1.54, 1.807) is 0 Å². The average molecular weight is 235 g/mol. The number of aromatic nitrogens is 1. The highest BCUT2D eigenvalue weighted by Gasteiger charge is 2.19. The van der Waals surface area contributed by atoms with Gasteiger partial charge in [0.2, 0.25) is 0 Å². The van der Waals surface area contributed by atoms with E-state index in [0.717, 1.165) is 18.8 Å². The van der Waals surface area contributed by atoms with Gasteiger partial charge in [-0.1, -0.05) is 36.4 Å². The quantitative estimate of drug-likeness (QED) is 0.630. The molecule has 0 unspecified atom stereocenters. The molecule has 2 heterocycles. The number of rotatable bonds is 0. The van der Waals surface area contributed by atoms with Gasteiger partial charge < -0.3 is 9.72 Å². The summed E-state index contributed by atoms with van der Waals surface area (Å²) >= 11 is 0. The number of para-hydroxylation sites is 2. The minimum absolute atomic E-state index is 0.733. The third-order valence-electron chi connectivity index (χ3n) is 3.55. The van der Waals surface area contributed by atoms with Gasteiger partial charge in [0.15, 0.2) is 0 Å². The summed E-state index contributed by atoms with van der Waals surface area (Å²) in [6.07, 6.45) is 0.929. The summed E-state index contributed by atoms with van der Waals surface area (Å²) in [7, 11) is 0. The van der Waals surface area contributed by atoms with Crippen LogP contribution in [0.2, 0.25) is 0 Å². The molecule has 0 saturated heterocycles. The molecule has 0 saturated carbocycles. The fourth-order valence-electron chi connectivity index (χ4n) is 2.75. The van der Waals surface area contributed by atoms with E-state index >= 15 is 0 Å².